The average molecular weight is 1000 g/mol. The molecule has 0 radical (unpaired) electrons. The Morgan fingerprint density at radius 2 is 0.595 bits per heavy atom. The third-order valence-electron chi connectivity index (χ3n) is 12.9. The maximum absolute atomic E-state index is 14.0. The highest BCUT2D eigenvalue weighted by Gasteiger charge is 2.54. The predicted molar refractivity (Wildman–Crippen MR) is 277 cm³/mol. The first-order valence-electron chi connectivity index (χ1n) is 25.2. The first-order valence-corrected chi connectivity index (χ1v) is 25.2. The van der Waals surface area contributed by atoms with Gasteiger partial charge in [-0.2, -0.15) is 0 Å². The molecule has 7 aromatic carbocycles. The fourth-order valence-electron chi connectivity index (χ4n) is 9.06. The lowest BCUT2D eigenvalue weighted by atomic mass is 9.96. The molecule has 2 heterocycles. The lowest BCUT2D eigenvalue weighted by Gasteiger charge is -2.47. The summed E-state index contributed by atoms with van der Waals surface area (Å²) >= 11 is 0. The Labute approximate surface area is 433 Å². The number of benzene rings is 7. The van der Waals surface area contributed by atoms with Crippen LogP contribution in [0.3, 0.4) is 0 Å². The molecule has 0 spiro atoms. The van der Waals surface area contributed by atoms with Crippen molar-refractivity contribution in [3.63, 3.8) is 0 Å². The number of ether oxygens (including phenoxy) is 11. The molecule has 0 aromatic heterocycles. The molecule has 0 N–H and O–H groups in total. The SMILES string of the molecule is COC(=O)[C@H]1O[C@@H](OC[C@H]2O[C@H](OCc3ccccc3)[C@H](OCc3ccccc3)[C@@H](OCc3ccccc3)[C@@H]2OCc2ccccc2)[C@H](OCc2ccccc2)[C@@H](OCc2ccccc2)[C@@H]1OCc1ccccc1. The Bertz CT molecular complexity index is 2650. The van der Waals surface area contributed by atoms with Gasteiger partial charge in [-0.15, -0.1) is 0 Å². The first kappa shape index (κ1) is 52.5. The summed E-state index contributed by atoms with van der Waals surface area (Å²) in [5, 5.41) is 0. The number of rotatable bonds is 25. The van der Waals surface area contributed by atoms with Crippen LogP contribution in [0.15, 0.2) is 212 Å². The number of methoxy groups -OCH3 is 1. The molecule has 0 unspecified atom stereocenters. The highest BCUT2D eigenvalue weighted by Crippen LogP contribution is 2.35. The van der Waals surface area contributed by atoms with Crippen LogP contribution in [-0.2, 0) is 103 Å². The Morgan fingerprint density at radius 1 is 0.324 bits per heavy atom. The minimum atomic E-state index is -1.29. The molecular weight excluding hydrogens is 937 g/mol. The Kier molecular flexibility index (Phi) is 19.7. The summed E-state index contributed by atoms with van der Waals surface area (Å²) in [5.41, 5.74) is 6.55. The van der Waals surface area contributed by atoms with Crippen LogP contribution >= 0.6 is 0 Å². The van der Waals surface area contributed by atoms with Crippen molar-refractivity contribution in [2.45, 2.75) is 108 Å². The Hall–Kier alpha value is -6.39. The van der Waals surface area contributed by atoms with Crippen LogP contribution < -0.4 is 0 Å². The molecule has 0 amide bonds. The monoisotopic (exact) mass is 1000 g/mol. The molecular formula is C62H64O12. The molecule has 0 aliphatic carbocycles. The van der Waals surface area contributed by atoms with Gasteiger partial charge >= 0.3 is 5.97 Å². The molecule has 74 heavy (non-hydrogen) atoms. The second-order valence-corrected chi connectivity index (χ2v) is 18.2. The van der Waals surface area contributed by atoms with E-state index in [4.69, 9.17) is 52.1 Å². The molecule has 2 aliphatic rings. The van der Waals surface area contributed by atoms with E-state index < -0.39 is 67.4 Å². The van der Waals surface area contributed by atoms with Crippen molar-refractivity contribution in [1.29, 1.82) is 0 Å². The molecule has 384 valence electrons. The van der Waals surface area contributed by atoms with Crippen LogP contribution in [0.2, 0.25) is 0 Å². The van der Waals surface area contributed by atoms with E-state index in [1.54, 1.807) is 0 Å². The largest absolute Gasteiger partial charge is 0.467 e. The molecule has 0 saturated carbocycles. The van der Waals surface area contributed by atoms with Gasteiger partial charge in [0.1, 0.15) is 42.7 Å². The summed E-state index contributed by atoms with van der Waals surface area (Å²) in [6, 6.07) is 69.1. The maximum atomic E-state index is 14.0. The van der Waals surface area contributed by atoms with Crippen LogP contribution in [-0.4, -0.2) is 81.1 Å². The summed E-state index contributed by atoms with van der Waals surface area (Å²) in [5.74, 6) is -0.661. The zero-order valence-electron chi connectivity index (χ0n) is 41.5. The number of hydrogen-bond donors (Lipinski definition) is 0. The van der Waals surface area contributed by atoms with Crippen LogP contribution in [0.5, 0.6) is 0 Å². The van der Waals surface area contributed by atoms with Gasteiger partial charge in [0.05, 0.1) is 60.0 Å². The number of esters is 1. The van der Waals surface area contributed by atoms with Crippen molar-refractivity contribution in [3.05, 3.63) is 251 Å². The zero-order valence-corrected chi connectivity index (χ0v) is 41.5. The van der Waals surface area contributed by atoms with Gasteiger partial charge in [-0.3, -0.25) is 0 Å². The summed E-state index contributed by atoms with van der Waals surface area (Å²) in [6.07, 6.45) is -9.54. The molecule has 10 atom stereocenters. The van der Waals surface area contributed by atoms with E-state index >= 15 is 0 Å². The van der Waals surface area contributed by atoms with Crippen molar-refractivity contribution < 1.29 is 56.9 Å². The molecule has 2 aliphatic heterocycles. The van der Waals surface area contributed by atoms with Gasteiger partial charge in [-0.25, -0.2) is 4.79 Å². The normalized spacial score (nSPS) is 23.7. The van der Waals surface area contributed by atoms with E-state index in [-0.39, 0.29) is 52.9 Å². The quantitative estimate of drug-likeness (QED) is 0.0507. The molecule has 0 bridgehead atoms. The molecule has 7 aromatic rings. The van der Waals surface area contributed by atoms with Crippen LogP contribution in [0.1, 0.15) is 38.9 Å². The summed E-state index contributed by atoms with van der Waals surface area (Å²) in [7, 11) is 1.32. The summed E-state index contributed by atoms with van der Waals surface area (Å²) in [4.78, 5) is 14.0. The van der Waals surface area contributed by atoms with Gasteiger partial charge in [-0.1, -0.05) is 212 Å². The van der Waals surface area contributed by atoms with Crippen LogP contribution in [0.4, 0.5) is 0 Å². The van der Waals surface area contributed by atoms with E-state index in [2.05, 4.69) is 0 Å². The van der Waals surface area contributed by atoms with E-state index in [0.29, 0.717) is 0 Å². The molecule has 12 heteroatoms. The van der Waals surface area contributed by atoms with Gasteiger partial charge in [-0.05, 0) is 38.9 Å². The second-order valence-electron chi connectivity index (χ2n) is 18.2. The van der Waals surface area contributed by atoms with Crippen molar-refractivity contribution in [2.75, 3.05) is 13.7 Å². The van der Waals surface area contributed by atoms with E-state index in [9.17, 15) is 4.79 Å². The van der Waals surface area contributed by atoms with E-state index in [1.165, 1.54) is 7.11 Å². The van der Waals surface area contributed by atoms with Crippen molar-refractivity contribution in [1.82, 2.24) is 0 Å². The zero-order chi connectivity index (χ0) is 50.6. The van der Waals surface area contributed by atoms with Crippen LogP contribution in [0.25, 0.3) is 0 Å². The maximum Gasteiger partial charge on any atom is 0.337 e. The fraction of sp³-hybridized carbons (Fsp3) is 0.306. The standard InChI is InChI=1S/C62H64O12/c1-64-60(63)57-55(67-39-47-27-13-4-14-28-47)56(68-40-48-29-15-5-16-30-48)59(70-42-50-33-19-7-20-34-50)62(74-57)72-44-52-53(65-37-45-23-9-2-10-24-45)54(66-38-46-25-11-3-12-26-46)58(69-41-49-31-17-6-18-32-49)61(73-52)71-43-51-35-21-8-22-36-51/h2-36,52-59,61-62H,37-44H2,1H3/t52-,53-,54+,55+,56+,57+,58-,59-,61+,62-/m1/s1. The second kappa shape index (κ2) is 27.8. The lowest BCUT2D eigenvalue weighted by molar-refractivity contribution is -0.350. The predicted octanol–water partition coefficient (Wildman–Crippen LogP) is 10.4. The third-order valence-corrected chi connectivity index (χ3v) is 12.9. The highest BCUT2D eigenvalue weighted by atomic mass is 16.8. The van der Waals surface area contributed by atoms with E-state index in [1.807, 2.05) is 212 Å². The van der Waals surface area contributed by atoms with Gasteiger partial charge in [0, 0.05) is 0 Å². The van der Waals surface area contributed by atoms with Crippen molar-refractivity contribution >= 4 is 5.97 Å². The average Bonchev–Trinajstić information content (AvgIpc) is 3.47. The van der Waals surface area contributed by atoms with Crippen molar-refractivity contribution in [3.8, 4) is 0 Å². The minimum absolute atomic E-state index is 0.133. The van der Waals surface area contributed by atoms with Gasteiger partial charge in [0.2, 0.25) is 0 Å². The van der Waals surface area contributed by atoms with Gasteiger partial charge < -0.3 is 52.1 Å². The summed E-state index contributed by atoms with van der Waals surface area (Å²) in [6.45, 7) is 1.30. The third kappa shape index (κ3) is 14.9. The Morgan fingerprint density at radius 3 is 0.932 bits per heavy atom. The Balaban J connectivity index is 1.07. The highest BCUT2D eigenvalue weighted by molar-refractivity contribution is 5.75. The molecule has 2 saturated heterocycles. The summed E-state index contributed by atoms with van der Waals surface area (Å²) < 4.78 is 74.1. The number of hydrogen-bond acceptors (Lipinski definition) is 12. The first-order chi connectivity index (χ1) is 36.6. The molecule has 2 fully saturated rings. The smallest absolute Gasteiger partial charge is 0.337 e. The molecule has 12 nitrogen and oxygen atoms in total. The minimum Gasteiger partial charge on any atom is -0.467 e. The van der Waals surface area contributed by atoms with E-state index in [0.717, 1.165) is 38.9 Å². The van der Waals surface area contributed by atoms with Crippen LogP contribution in [0, 0.1) is 0 Å². The van der Waals surface area contributed by atoms with Gasteiger partial charge in [0.25, 0.3) is 0 Å². The number of carbonyl (C=O) groups is 1. The topological polar surface area (TPSA) is 119 Å². The lowest BCUT2D eigenvalue weighted by Crippen LogP contribution is -2.64. The van der Waals surface area contributed by atoms with Gasteiger partial charge in [0.15, 0.2) is 18.7 Å². The molecule has 9 rings (SSSR count). The van der Waals surface area contributed by atoms with Crippen molar-refractivity contribution in [2.24, 2.45) is 0 Å². The number of carbonyl (C=O) groups excluding carboxylic acids is 1. The fourth-order valence-corrected chi connectivity index (χ4v) is 9.06.